The van der Waals surface area contributed by atoms with E-state index in [9.17, 15) is 9.18 Å². The summed E-state index contributed by atoms with van der Waals surface area (Å²) in [6, 6.07) is 7.76. The van der Waals surface area contributed by atoms with Crippen LogP contribution in [0.3, 0.4) is 0 Å². The molecule has 1 aromatic carbocycles. The van der Waals surface area contributed by atoms with Crippen molar-refractivity contribution in [3.05, 3.63) is 53.6 Å². The molecule has 5 rings (SSSR count). The zero-order valence-electron chi connectivity index (χ0n) is 16.8. The maximum absolute atomic E-state index is 13.4. The molecule has 4 aromatic rings. The van der Waals surface area contributed by atoms with Gasteiger partial charge in [0.25, 0.3) is 5.56 Å². The van der Waals surface area contributed by atoms with Crippen molar-refractivity contribution in [2.75, 3.05) is 37.0 Å². The molecule has 0 saturated carbocycles. The Balaban J connectivity index is 1.51. The normalized spacial score (nSPS) is 15.4. The van der Waals surface area contributed by atoms with Gasteiger partial charge >= 0.3 is 0 Å². The van der Waals surface area contributed by atoms with E-state index in [1.165, 1.54) is 10.8 Å². The first-order valence-electron chi connectivity index (χ1n) is 9.76. The number of H-pyrrole nitrogens is 1. The predicted octanol–water partition coefficient (Wildman–Crippen LogP) is 2.42. The smallest absolute Gasteiger partial charge is 0.267 e. The van der Waals surface area contributed by atoms with Crippen LogP contribution < -0.4 is 20.5 Å². The molecule has 0 radical (unpaired) electrons. The lowest BCUT2D eigenvalue weighted by molar-refractivity contribution is 0.212. The largest absolute Gasteiger partial charge is 0.485 e. The molecule has 1 aliphatic rings. The van der Waals surface area contributed by atoms with E-state index in [1.807, 2.05) is 36.2 Å². The van der Waals surface area contributed by atoms with Gasteiger partial charge in [-0.25, -0.2) is 9.37 Å². The molecule has 2 N–H and O–H groups in total. The topological polar surface area (TPSA) is 101 Å². The third kappa shape index (κ3) is 3.16. The van der Waals surface area contributed by atoms with Crippen LogP contribution in [0.15, 0.2) is 48.0 Å². The highest BCUT2D eigenvalue weighted by molar-refractivity contribution is 6.02. The summed E-state index contributed by atoms with van der Waals surface area (Å²) in [6.07, 6.45) is 2.88. The van der Waals surface area contributed by atoms with Gasteiger partial charge in [-0.15, -0.1) is 0 Å². The number of aromatic amines is 1. The molecule has 0 bridgehead atoms. The fourth-order valence-electron chi connectivity index (χ4n) is 3.77. The van der Waals surface area contributed by atoms with Crippen LogP contribution in [0.5, 0.6) is 5.75 Å². The molecule has 10 heteroatoms. The number of nitrogens with one attached hydrogen (secondary N) is 2. The molecule has 0 spiro atoms. The van der Waals surface area contributed by atoms with Crippen LogP contribution in [0.4, 0.5) is 16.0 Å². The molecular weight excluding hydrogens is 401 g/mol. The van der Waals surface area contributed by atoms with Gasteiger partial charge in [0.05, 0.1) is 47.0 Å². The van der Waals surface area contributed by atoms with Crippen molar-refractivity contribution in [2.45, 2.75) is 6.10 Å². The number of ether oxygens (including phenoxy) is 1. The molecular formula is C21H20FN7O2. The lowest BCUT2D eigenvalue weighted by Crippen LogP contribution is -2.41. The minimum absolute atomic E-state index is 0.00169. The van der Waals surface area contributed by atoms with E-state index in [-0.39, 0.29) is 17.4 Å². The van der Waals surface area contributed by atoms with E-state index in [4.69, 9.17) is 4.74 Å². The number of fused-ring (bicyclic) bond motifs is 4. The highest BCUT2D eigenvalue weighted by Crippen LogP contribution is 2.29. The number of aromatic nitrogens is 5. The van der Waals surface area contributed by atoms with Crippen LogP contribution in [0.1, 0.15) is 0 Å². The van der Waals surface area contributed by atoms with Gasteiger partial charge < -0.3 is 15.0 Å². The quantitative estimate of drug-likeness (QED) is 0.510. The van der Waals surface area contributed by atoms with Crippen LogP contribution >= 0.6 is 0 Å². The van der Waals surface area contributed by atoms with Crippen LogP contribution in [0, 0.1) is 0 Å². The minimum Gasteiger partial charge on any atom is -0.485 e. The van der Waals surface area contributed by atoms with Crippen molar-refractivity contribution in [1.82, 2.24) is 24.7 Å². The number of allylic oxidation sites excluding steroid dienone is 1. The van der Waals surface area contributed by atoms with Gasteiger partial charge in [-0.3, -0.25) is 14.5 Å². The number of likely N-dealkylation sites (N-methyl/N-ethyl adjacent to an activating group) is 1. The first-order chi connectivity index (χ1) is 15.1. The zero-order chi connectivity index (χ0) is 21.5. The van der Waals surface area contributed by atoms with Gasteiger partial charge in [-0.05, 0) is 12.1 Å². The SMILES string of the molecule is C=C(CF)n1c(=O)c2cn[nH]c2c2cnc(N(C)CC3CNc4ccccc4O3)nc21. The Labute approximate surface area is 176 Å². The summed E-state index contributed by atoms with van der Waals surface area (Å²) >= 11 is 0. The maximum atomic E-state index is 13.4. The molecule has 0 saturated heterocycles. The number of benzene rings is 1. The van der Waals surface area contributed by atoms with Crippen LogP contribution in [0.2, 0.25) is 0 Å². The number of halogens is 1. The lowest BCUT2D eigenvalue weighted by atomic mass is 10.2. The van der Waals surface area contributed by atoms with E-state index in [2.05, 4.69) is 32.1 Å². The van der Waals surface area contributed by atoms with Crippen molar-refractivity contribution < 1.29 is 9.13 Å². The molecule has 4 heterocycles. The third-order valence-electron chi connectivity index (χ3n) is 5.30. The lowest BCUT2D eigenvalue weighted by Gasteiger charge is -2.30. The number of para-hydroxylation sites is 2. The molecule has 158 valence electrons. The van der Waals surface area contributed by atoms with Gasteiger partial charge in [-0.2, -0.15) is 10.1 Å². The third-order valence-corrected chi connectivity index (χ3v) is 5.30. The molecule has 0 aliphatic carbocycles. The van der Waals surface area contributed by atoms with E-state index >= 15 is 0 Å². The van der Waals surface area contributed by atoms with Crippen LogP contribution in [-0.4, -0.2) is 57.6 Å². The number of anilines is 2. The summed E-state index contributed by atoms with van der Waals surface area (Å²) in [5.74, 6) is 1.18. The van der Waals surface area contributed by atoms with Crippen molar-refractivity contribution in [1.29, 1.82) is 0 Å². The van der Waals surface area contributed by atoms with Crippen LogP contribution in [0.25, 0.3) is 27.6 Å². The highest BCUT2D eigenvalue weighted by atomic mass is 19.1. The number of rotatable bonds is 5. The van der Waals surface area contributed by atoms with Gasteiger partial charge in [0.15, 0.2) is 5.65 Å². The van der Waals surface area contributed by atoms with Gasteiger partial charge in [0.1, 0.15) is 18.5 Å². The van der Waals surface area contributed by atoms with Gasteiger partial charge in [0, 0.05) is 13.2 Å². The standard InChI is InChI=1S/C21H20FN7O2/c1-12(7-22)29-19-14(18-15(20(29)30)10-25-27-18)9-24-21(26-19)28(2)11-13-8-23-16-5-3-4-6-17(16)31-13/h3-6,9-10,13,23H,1,7-8,11H2,2H3,(H,25,27). The second kappa shape index (κ2) is 7.38. The number of hydrogen-bond donors (Lipinski definition) is 2. The predicted molar refractivity (Wildman–Crippen MR) is 117 cm³/mol. The van der Waals surface area contributed by atoms with E-state index in [0.29, 0.717) is 35.3 Å². The molecule has 0 amide bonds. The fraction of sp³-hybridized carbons (Fsp3) is 0.238. The minimum atomic E-state index is -0.880. The molecule has 1 atom stereocenters. The zero-order valence-corrected chi connectivity index (χ0v) is 16.8. The fourth-order valence-corrected chi connectivity index (χ4v) is 3.77. The average molecular weight is 421 g/mol. The Kier molecular flexibility index (Phi) is 4.54. The van der Waals surface area contributed by atoms with E-state index in [1.54, 1.807) is 6.20 Å². The first kappa shape index (κ1) is 19.0. The second-order valence-electron chi connectivity index (χ2n) is 7.40. The van der Waals surface area contributed by atoms with E-state index < -0.39 is 12.2 Å². The maximum Gasteiger partial charge on any atom is 0.267 e. The number of nitrogens with zero attached hydrogens (tertiary/aromatic N) is 5. The highest BCUT2D eigenvalue weighted by Gasteiger charge is 2.22. The van der Waals surface area contributed by atoms with E-state index in [0.717, 1.165) is 11.4 Å². The molecule has 1 unspecified atom stereocenters. The Bertz CT molecular complexity index is 1360. The van der Waals surface area contributed by atoms with Gasteiger partial charge in [0.2, 0.25) is 5.95 Å². The summed E-state index contributed by atoms with van der Waals surface area (Å²) in [5.41, 5.74) is 1.31. The number of pyridine rings is 1. The Morgan fingerprint density at radius 2 is 2.19 bits per heavy atom. The Hall–Kier alpha value is -3.95. The summed E-state index contributed by atoms with van der Waals surface area (Å²) < 4.78 is 20.7. The second-order valence-corrected chi connectivity index (χ2v) is 7.40. The van der Waals surface area contributed by atoms with Gasteiger partial charge in [-0.1, -0.05) is 18.7 Å². The average Bonchev–Trinajstić information content (AvgIpc) is 3.29. The van der Waals surface area contributed by atoms with Crippen LogP contribution in [-0.2, 0) is 0 Å². The molecule has 1 aliphatic heterocycles. The summed E-state index contributed by atoms with van der Waals surface area (Å²) in [6.45, 7) is 3.95. The summed E-state index contributed by atoms with van der Waals surface area (Å²) in [5, 5.41) is 11.0. The van der Waals surface area contributed by atoms with Crippen molar-refractivity contribution in [2.24, 2.45) is 0 Å². The summed E-state index contributed by atoms with van der Waals surface area (Å²) in [7, 11) is 1.84. The number of hydrogen-bond acceptors (Lipinski definition) is 7. The van der Waals surface area contributed by atoms with Crippen molar-refractivity contribution in [3.63, 3.8) is 0 Å². The summed E-state index contributed by atoms with van der Waals surface area (Å²) in [4.78, 5) is 23.8. The molecule has 3 aromatic heterocycles. The Morgan fingerprint density at radius 1 is 1.35 bits per heavy atom. The molecule has 31 heavy (non-hydrogen) atoms. The molecule has 0 fully saturated rings. The number of alkyl halides is 1. The molecule has 9 nitrogen and oxygen atoms in total. The first-order valence-corrected chi connectivity index (χ1v) is 9.76. The van der Waals surface area contributed by atoms with Crippen molar-refractivity contribution in [3.8, 4) is 5.75 Å². The monoisotopic (exact) mass is 421 g/mol. The van der Waals surface area contributed by atoms with Crippen molar-refractivity contribution >= 4 is 39.3 Å². The Morgan fingerprint density at radius 3 is 3.03 bits per heavy atom.